The summed E-state index contributed by atoms with van der Waals surface area (Å²) in [5, 5.41) is 4.68. The molecule has 0 radical (unpaired) electrons. The number of rotatable bonds is 4. The van der Waals surface area contributed by atoms with Gasteiger partial charge in [0.15, 0.2) is 5.11 Å². The molecule has 1 saturated heterocycles. The van der Waals surface area contributed by atoms with Gasteiger partial charge in [-0.15, -0.1) is 0 Å². The lowest BCUT2D eigenvalue weighted by molar-refractivity contribution is 0.0898. The van der Waals surface area contributed by atoms with Crippen LogP contribution in [-0.4, -0.2) is 41.3 Å². The molecule has 1 aromatic carbocycles. The van der Waals surface area contributed by atoms with Gasteiger partial charge >= 0.3 is 0 Å². The number of hydrogen-bond acceptors (Lipinski definition) is 3. The number of hydrogen-bond donors (Lipinski definition) is 2. The predicted molar refractivity (Wildman–Crippen MR) is 100 cm³/mol. The second kappa shape index (κ2) is 7.32. The minimum atomic E-state index is -0.0654. The Bertz CT molecular complexity index is 796. The highest BCUT2D eigenvalue weighted by atomic mass is 32.1. The molecule has 2 aromatic rings. The zero-order chi connectivity index (χ0) is 17.1. The lowest BCUT2D eigenvalue weighted by Gasteiger charge is -2.27. The van der Waals surface area contributed by atoms with Crippen LogP contribution in [0.1, 0.15) is 24.0 Å². The summed E-state index contributed by atoms with van der Waals surface area (Å²) in [6, 6.07) is 8.02. The molecule has 1 aliphatic rings. The highest BCUT2D eigenvalue weighted by Gasteiger charge is 2.21. The smallest absolute Gasteiger partial charge is 0.253 e. The first kappa shape index (κ1) is 16.9. The van der Waals surface area contributed by atoms with Crippen molar-refractivity contribution in [3.8, 4) is 0 Å². The zero-order valence-electron chi connectivity index (χ0n) is 14.1. The first-order valence-electron chi connectivity index (χ1n) is 8.27. The van der Waals surface area contributed by atoms with Crippen LogP contribution in [0.5, 0.6) is 0 Å². The molecule has 1 fully saturated rings. The zero-order valence-corrected chi connectivity index (χ0v) is 14.9. The predicted octanol–water partition coefficient (Wildman–Crippen LogP) is 2.32. The van der Waals surface area contributed by atoms with Gasteiger partial charge in [-0.2, -0.15) is 0 Å². The maximum Gasteiger partial charge on any atom is 0.253 e. The third-order valence-electron chi connectivity index (χ3n) is 4.39. The van der Waals surface area contributed by atoms with Gasteiger partial charge in [-0.05, 0) is 55.1 Å². The van der Waals surface area contributed by atoms with E-state index in [4.69, 9.17) is 17.0 Å². The molecule has 0 aliphatic carbocycles. The molecule has 2 N–H and O–H groups in total. The lowest BCUT2D eigenvalue weighted by Crippen LogP contribution is -2.42. The van der Waals surface area contributed by atoms with Crippen LogP contribution in [0.2, 0.25) is 0 Å². The Morgan fingerprint density at radius 3 is 3.00 bits per heavy atom. The molecular formula is C18H23N3O2S. The standard InChI is InChI=1S/C18H23N3O2S/c1-12-5-6-13-9-14(17(22)20-16(13)8-12)10-21(18(24)19-2)11-15-4-3-7-23-15/h5-6,8-9,15H,3-4,7,10-11H2,1-2H3,(H,19,24)(H,20,22). The minimum absolute atomic E-state index is 0.0654. The van der Waals surface area contributed by atoms with Crippen molar-refractivity contribution >= 4 is 28.2 Å². The molecule has 1 aromatic heterocycles. The van der Waals surface area contributed by atoms with E-state index in [1.807, 2.05) is 36.1 Å². The van der Waals surface area contributed by atoms with Gasteiger partial charge in [0.25, 0.3) is 5.56 Å². The molecular weight excluding hydrogens is 322 g/mol. The van der Waals surface area contributed by atoms with Gasteiger partial charge in [0.05, 0.1) is 12.6 Å². The summed E-state index contributed by atoms with van der Waals surface area (Å²) >= 11 is 5.41. The Balaban J connectivity index is 1.86. The minimum Gasteiger partial charge on any atom is -0.376 e. The van der Waals surface area contributed by atoms with E-state index in [9.17, 15) is 4.79 Å². The lowest BCUT2D eigenvalue weighted by atomic mass is 10.1. The molecule has 0 saturated carbocycles. The van der Waals surface area contributed by atoms with Crippen LogP contribution in [0.25, 0.3) is 10.9 Å². The van der Waals surface area contributed by atoms with E-state index in [0.29, 0.717) is 23.8 Å². The summed E-state index contributed by atoms with van der Waals surface area (Å²) in [5.41, 5.74) is 2.64. The number of thiocarbonyl (C=S) groups is 1. The molecule has 0 bridgehead atoms. The monoisotopic (exact) mass is 345 g/mol. The van der Waals surface area contributed by atoms with Crippen LogP contribution in [0.3, 0.4) is 0 Å². The molecule has 1 atom stereocenters. The van der Waals surface area contributed by atoms with E-state index in [0.717, 1.165) is 35.9 Å². The van der Waals surface area contributed by atoms with Crippen LogP contribution in [0.4, 0.5) is 0 Å². The second-order valence-corrected chi connectivity index (χ2v) is 6.67. The highest BCUT2D eigenvalue weighted by molar-refractivity contribution is 7.80. The van der Waals surface area contributed by atoms with Crippen molar-refractivity contribution in [3.05, 3.63) is 45.7 Å². The average Bonchev–Trinajstić information content (AvgIpc) is 3.07. The number of nitrogens with zero attached hydrogens (tertiary/aromatic N) is 1. The van der Waals surface area contributed by atoms with Gasteiger partial charge in [0.1, 0.15) is 0 Å². The number of H-pyrrole nitrogens is 1. The molecule has 2 heterocycles. The van der Waals surface area contributed by atoms with Crippen molar-refractivity contribution in [2.24, 2.45) is 0 Å². The van der Waals surface area contributed by atoms with Crippen LogP contribution in [0, 0.1) is 6.92 Å². The molecule has 1 unspecified atom stereocenters. The van der Waals surface area contributed by atoms with E-state index in [1.54, 1.807) is 7.05 Å². The Morgan fingerprint density at radius 2 is 2.29 bits per heavy atom. The summed E-state index contributed by atoms with van der Waals surface area (Å²) in [4.78, 5) is 17.4. The number of ether oxygens (including phenoxy) is 1. The van der Waals surface area contributed by atoms with Crippen LogP contribution < -0.4 is 10.9 Å². The molecule has 6 heteroatoms. The van der Waals surface area contributed by atoms with Gasteiger partial charge < -0.3 is 19.9 Å². The summed E-state index contributed by atoms with van der Waals surface area (Å²) in [6.45, 7) is 3.99. The maximum absolute atomic E-state index is 12.5. The molecule has 5 nitrogen and oxygen atoms in total. The molecule has 24 heavy (non-hydrogen) atoms. The third-order valence-corrected chi connectivity index (χ3v) is 4.85. The number of aryl methyl sites for hydroxylation is 1. The van der Waals surface area contributed by atoms with Gasteiger partial charge in [-0.25, -0.2) is 0 Å². The molecule has 0 amide bonds. The first-order valence-corrected chi connectivity index (χ1v) is 8.68. The van der Waals surface area contributed by atoms with E-state index in [1.165, 1.54) is 0 Å². The van der Waals surface area contributed by atoms with E-state index < -0.39 is 0 Å². The number of benzene rings is 1. The largest absolute Gasteiger partial charge is 0.376 e. The normalized spacial score (nSPS) is 17.2. The van der Waals surface area contributed by atoms with Crippen molar-refractivity contribution in [2.75, 3.05) is 20.2 Å². The fraction of sp³-hybridized carbons (Fsp3) is 0.444. The third kappa shape index (κ3) is 3.76. The van der Waals surface area contributed by atoms with Crippen molar-refractivity contribution in [2.45, 2.75) is 32.4 Å². The topological polar surface area (TPSA) is 57.4 Å². The van der Waals surface area contributed by atoms with Gasteiger partial charge in [-0.1, -0.05) is 12.1 Å². The number of aromatic nitrogens is 1. The average molecular weight is 345 g/mol. The van der Waals surface area contributed by atoms with E-state index in [2.05, 4.69) is 10.3 Å². The Kier molecular flexibility index (Phi) is 5.16. The van der Waals surface area contributed by atoms with Crippen molar-refractivity contribution in [1.29, 1.82) is 0 Å². The number of aromatic amines is 1. The van der Waals surface area contributed by atoms with Crippen molar-refractivity contribution in [3.63, 3.8) is 0 Å². The summed E-state index contributed by atoms with van der Waals surface area (Å²) in [6.07, 6.45) is 2.30. The fourth-order valence-corrected chi connectivity index (χ4v) is 3.23. The van der Waals surface area contributed by atoms with Gasteiger partial charge in [0, 0.05) is 31.3 Å². The summed E-state index contributed by atoms with van der Waals surface area (Å²) in [5.74, 6) is 0. The van der Waals surface area contributed by atoms with Crippen LogP contribution >= 0.6 is 12.2 Å². The Labute approximate surface area is 147 Å². The fourth-order valence-electron chi connectivity index (χ4n) is 3.09. The van der Waals surface area contributed by atoms with E-state index in [-0.39, 0.29) is 11.7 Å². The molecule has 1 aliphatic heterocycles. The number of fused-ring (bicyclic) bond motifs is 1. The van der Waals surface area contributed by atoms with Crippen molar-refractivity contribution in [1.82, 2.24) is 15.2 Å². The molecule has 3 rings (SSSR count). The SMILES string of the molecule is CNC(=S)N(Cc1cc2ccc(C)cc2[nH]c1=O)CC1CCCO1. The van der Waals surface area contributed by atoms with Gasteiger partial charge in [-0.3, -0.25) is 4.79 Å². The molecule has 0 spiro atoms. The van der Waals surface area contributed by atoms with Crippen LogP contribution in [-0.2, 0) is 11.3 Å². The molecule has 128 valence electrons. The number of nitrogens with one attached hydrogen (secondary N) is 2. The highest BCUT2D eigenvalue weighted by Crippen LogP contribution is 2.17. The van der Waals surface area contributed by atoms with Gasteiger partial charge in [0.2, 0.25) is 0 Å². The summed E-state index contributed by atoms with van der Waals surface area (Å²) < 4.78 is 5.71. The number of pyridine rings is 1. The Hall–Kier alpha value is -1.92. The first-order chi connectivity index (χ1) is 11.6. The second-order valence-electron chi connectivity index (χ2n) is 6.29. The van der Waals surface area contributed by atoms with Crippen molar-refractivity contribution < 1.29 is 4.74 Å². The quantitative estimate of drug-likeness (QED) is 0.833. The summed E-state index contributed by atoms with van der Waals surface area (Å²) in [7, 11) is 1.80. The van der Waals surface area contributed by atoms with Crippen LogP contribution in [0.15, 0.2) is 29.1 Å². The maximum atomic E-state index is 12.5. The van der Waals surface area contributed by atoms with E-state index >= 15 is 0 Å². The Morgan fingerprint density at radius 1 is 1.46 bits per heavy atom.